The van der Waals surface area contributed by atoms with Crippen LogP contribution in [0.3, 0.4) is 0 Å². The van der Waals surface area contributed by atoms with Crippen LogP contribution in [0.25, 0.3) is 32.1 Å². The number of aromatic nitrogens is 2. The van der Waals surface area contributed by atoms with Gasteiger partial charge in [-0.2, -0.15) is 9.97 Å². The minimum Gasteiger partial charge on any atom is -0.490 e. The molecule has 3 aliphatic heterocycles. The Kier molecular flexibility index (Phi) is 11.7. The molecule has 0 bridgehead atoms. The summed E-state index contributed by atoms with van der Waals surface area (Å²) in [6, 6.07) is 2.89. The van der Waals surface area contributed by atoms with Crippen molar-refractivity contribution in [1.82, 2.24) is 20.2 Å². The molecule has 1 amide bonds. The van der Waals surface area contributed by atoms with Crippen LogP contribution in [0.15, 0.2) is 12.1 Å². The van der Waals surface area contributed by atoms with Gasteiger partial charge in [-0.25, -0.2) is 13.2 Å². The number of carbonyl (C=O) groups is 1. The fraction of sp³-hybridized carbons (Fsp3) is 0.585. The Labute approximate surface area is 324 Å². The van der Waals surface area contributed by atoms with Gasteiger partial charge in [0.25, 0.3) is 0 Å². The highest BCUT2D eigenvalue weighted by Crippen LogP contribution is 2.53. The molecule has 5 heterocycles. The largest absolute Gasteiger partial charge is 0.490 e. The number of likely N-dealkylation sites (tertiary alicyclic amines) is 1. The number of fused-ring (bicyclic) bond motifs is 3. The molecule has 2 fully saturated rings. The third-order valence-electron chi connectivity index (χ3n) is 11.6. The number of nitrogens with two attached hydrogens (primary N) is 1. The van der Waals surface area contributed by atoms with E-state index in [9.17, 15) is 18.7 Å². The number of carbonyl (C=O) groups excluding carboxylic acids is 1. The third kappa shape index (κ3) is 7.66. The predicted molar refractivity (Wildman–Crippen MR) is 212 cm³/mol. The van der Waals surface area contributed by atoms with Crippen molar-refractivity contribution in [3.8, 4) is 22.9 Å². The first-order valence-electron chi connectivity index (χ1n) is 19.7. The zero-order chi connectivity index (χ0) is 39.1. The van der Waals surface area contributed by atoms with Gasteiger partial charge in [0.15, 0.2) is 5.82 Å². The summed E-state index contributed by atoms with van der Waals surface area (Å²) >= 11 is 1.16. The van der Waals surface area contributed by atoms with Gasteiger partial charge in [0.2, 0.25) is 5.91 Å². The number of hydrogen-bond acceptors (Lipinski definition) is 10. The maximum atomic E-state index is 16.9. The van der Waals surface area contributed by atoms with E-state index in [1.807, 2.05) is 30.6 Å². The van der Waals surface area contributed by atoms with Crippen LogP contribution in [0.4, 0.5) is 24.0 Å². The maximum absolute atomic E-state index is 16.9. The number of nitrogens with one attached hydrogen (secondary N) is 1. The van der Waals surface area contributed by atoms with Gasteiger partial charge in [0.1, 0.15) is 35.7 Å². The molecule has 2 aromatic carbocycles. The number of methoxy groups -OCH3 is 1. The van der Waals surface area contributed by atoms with Crippen LogP contribution < -0.4 is 25.4 Å². The van der Waals surface area contributed by atoms with Crippen molar-refractivity contribution >= 4 is 49.1 Å². The highest BCUT2D eigenvalue weighted by Gasteiger charge is 2.39. The molecular weight excluding hydrogens is 730 g/mol. The second-order valence-electron chi connectivity index (χ2n) is 15.9. The quantitative estimate of drug-likeness (QED) is 0.140. The minimum atomic E-state index is -0.806. The monoisotopic (exact) mass is 782 g/mol. The molecule has 4 aromatic rings. The number of aliphatic hydroxyl groups excluding tert-OH is 1. The number of halogens is 3. The topological polar surface area (TPSA) is 126 Å². The SMILES string of the molecule is CCC(F)CC1CCCN1.COc1nc2c3c(c4c(c(F)c3n1)-c1ccc(F)c3sc(N)c(c13)C4)OCC(C(C)O)N2CC1CCN(C(=O)CC(C)C)CC1. The zero-order valence-corrected chi connectivity index (χ0v) is 33.2. The number of nitrogens with zero attached hydrogens (tertiary/aromatic N) is 4. The van der Waals surface area contributed by atoms with Gasteiger partial charge in [-0.15, -0.1) is 11.3 Å². The molecule has 14 heteroatoms. The van der Waals surface area contributed by atoms with E-state index in [0.717, 1.165) is 42.7 Å². The molecule has 10 nitrogen and oxygen atoms in total. The van der Waals surface area contributed by atoms with Gasteiger partial charge in [0, 0.05) is 55.0 Å². The average Bonchev–Trinajstić information content (AvgIpc) is 3.76. The molecule has 2 aromatic heterocycles. The molecule has 4 aliphatic rings. The Balaban J connectivity index is 0.000000406. The summed E-state index contributed by atoms with van der Waals surface area (Å²) in [6.45, 7) is 10.8. The van der Waals surface area contributed by atoms with Gasteiger partial charge < -0.3 is 35.4 Å². The maximum Gasteiger partial charge on any atom is 0.318 e. The highest BCUT2D eigenvalue weighted by molar-refractivity contribution is 7.23. The highest BCUT2D eigenvalue weighted by atomic mass is 32.1. The fourth-order valence-electron chi connectivity index (χ4n) is 8.62. The smallest absolute Gasteiger partial charge is 0.318 e. The van der Waals surface area contributed by atoms with Gasteiger partial charge in [-0.1, -0.05) is 26.8 Å². The normalized spacial score (nSPS) is 20.5. The van der Waals surface area contributed by atoms with Gasteiger partial charge in [-0.3, -0.25) is 4.79 Å². The molecule has 2 saturated heterocycles. The first-order valence-corrected chi connectivity index (χ1v) is 20.5. The molecule has 0 radical (unpaired) electrons. The molecule has 4 unspecified atom stereocenters. The Hall–Kier alpha value is -3.88. The second-order valence-corrected chi connectivity index (χ2v) is 17.0. The molecule has 1 aliphatic carbocycles. The van der Waals surface area contributed by atoms with Crippen molar-refractivity contribution in [3.63, 3.8) is 0 Å². The van der Waals surface area contributed by atoms with E-state index in [0.29, 0.717) is 93.2 Å². The molecule has 55 heavy (non-hydrogen) atoms. The van der Waals surface area contributed by atoms with Crippen LogP contribution in [-0.2, 0) is 11.2 Å². The summed E-state index contributed by atoms with van der Waals surface area (Å²) in [5.74, 6) is 0.598. The molecule has 4 N–H and O–H groups in total. The van der Waals surface area contributed by atoms with Gasteiger partial charge >= 0.3 is 6.01 Å². The summed E-state index contributed by atoms with van der Waals surface area (Å²) in [5.41, 5.74) is 8.64. The average molecular weight is 783 g/mol. The van der Waals surface area contributed by atoms with E-state index in [1.165, 1.54) is 26.0 Å². The van der Waals surface area contributed by atoms with E-state index in [2.05, 4.69) is 10.3 Å². The Bertz CT molecular complexity index is 2050. The lowest BCUT2D eigenvalue weighted by Crippen LogP contribution is -2.50. The lowest BCUT2D eigenvalue weighted by molar-refractivity contribution is -0.133. The van der Waals surface area contributed by atoms with E-state index in [1.54, 1.807) is 13.0 Å². The van der Waals surface area contributed by atoms with Crippen LogP contribution in [-0.4, -0.2) is 90.1 Å². The van der Waals surface area contributed by atoms with Gasteiger partial charge in [0.05, 0.1) is 34.3 Å². The number of amides is 1. The van der Waals surface area contributed by atoms with E-state index < -0.39 is 30.0 Å². The number of hydrogen-bond donors (Lipinski definition) is 3. The third-order valence-corrected chi connectivity index (χ3v) is 12.7. The van der Waals surface area contributed by atoms with E-state index in [4.69, 9.17) is 20.2 Å². The number of piperidine rings is 1. The number of benzene rings is 2. The van der Waals surface area contributed by atoms with Crippen molar-refractivity contribution in [1.29, 1.82) is 0 Å². The van der Waals surface area contributed by atoms with E-state index >= 15 is 4.39 Å². The zero-order valence-electron chi connectivity index (χ0n) is 32.4. The summed E-state index contributed by atoms with van der Waals surface area (Å²) in [4.78, 5) is 25.9. The van der Waals surface area contributed by atoms with Crippen molar-refractivity contribution in [3.05, 3.63) is 34.9 Å². The summed E-state index contributed by atoms with van der Waals surface area (Å²) in [5, 5.41) is 15.8. The van der Waals surface area contributed by atoms with Crippen LogP contribution >= 0.6 is 11.3 Å². The number of aliphatic hydroxyl groups is 1. The minimum absolute atomic E-state index is 0.00632. The predicted octanol–water partition coefficient (Wildman–Crippen LogP) is 7.39. The lowest BCUT2D eigenvalue weighted by Gasteiger charge is -2.39. The van der Waals surface area contributed by atoms with Crippen molar-refractivity contribution < 1.29 is 32.5 Å². The van der Waals surface area contributed by atoms with Gasteiger partial charge in [-0.05, 0) is 81.0 Å². The standard InChI is InChI=1S/C33H37F2N5O4S.C8H16FN/c1-15(2)11-23(42)39-9-7-17(8-10-39)13-40-22(16(3)41)14-44-29-19-12-20-25-18(5-6-21(34)30(25)45-31(20)36)24(19)27(35)28-26(29)32(40)38-33(37-28)43-4;1-2-7(9)6-8-4-3-5-10-8/h5-6,15-17,22,41H,7-14,36H2,1-4H3;7-8,10H,2-6H2,1H3. The first-order chi connectivity index (χ1) is 26.4. The van der Waals surface area contributed by atoms with Crippen molar-refractivity contribution in [2.45, 2.75) is 103 Å². The molecular formula is C41H53F3N6O4S. The van der Waals surface area contributed by atoms with Crippen LogP contribution in [0.5, 0.6) is 11.8 Å². The number of alkyl halides is 1. The number of anilines is 2. The molecule has 8 rings (SSSR count). The van der Waals surface area contributed by atoms with Crippen LogP contribution in [0, 0.1) is 23.5 Å². The number of thiophene rings is 1. The molecule has 0 saturated carbocycles. The lowest BCUT2D eigenvalue weighted by atomic mass is 9.84. The Morgan fingerprint density at radius 3 is 2.56 bits per heavy atom. The summed E-state index contributed by atoms with van der Waals surface area (Å²) in [6.07, 6.45) is 4.77. The van der Waals surface area contributed by atoms with Crippen LogP contribution in [0.2, 0.25) is 0 Å². The molecule has 0 spiro atoms. The van der Waals surface area contributed by atoms with Crippen molar-refractivity contribution in [2.75, 3.05) is 50.5 Å². The Morgan fingerprint density at radius 2 is 1.91 bits per heavy atom. The van der Waals surface area contributed by atoms with Crippen molar-refractivity contribution in [2.24, 2.45) is 11.8 Å². The van der Waals surface area contributed by atoms with E-state index in [-0.39, 0.29) is 36.4 Å². The Morgan fingerprint density at radius 1 is 1.15 bits per heavy atom. The number of rotatable bonds is 9. The summed E-state index contributed by atoms with van der Waals surface area (Å²) < 4.78 is 56.8. The molecule has 298 valence electrons. The first kappa shape index (κ1) is 39.4. The molecule has 4 atom stereocenters. The summed E-state index contributed by atoms with van der Waals surface area (Å²) in [7, 11) is 1.43. The van der Waals surface area contributed by atoms with Crippen LogP contribution in [0.1, 0.15) is 83.8 Å². The number of ether oxygens (including phenoxy) is 2. The fourth-order valence-corrected chi connectivity index (χ4v) is 9.64. The second kappa shape index (κ2) is 16.3. The number of nitrogen functional groups attached to an aromatic ring is 1.